The molecule has 208 valence electrons. The fourth-order valence-electron chi connectivity index (χ4n) is 5.05. The van der Waals surface area contributed by atoms with Crippen LogP contribution in [0.5, 0.6) is 0 Å². The first kappa shape index (κ1) is 32.7. The fourth-order valence-corrected chi connectivity index (χ4v) is 5.05. The zero-order valence-electron chi connectivity index (χ0n) is 24.1. The predicted molar refractivity (Wildman–Crippen MR) is 158 cm³/mol. The number of carbonyl (C=O) groups is 1. The Morgan fingerprint density at radius 3 is 1.28 bits per heavy atom. The molecule has 2 heteroatoms. The highest BCUT2D eigenvalue weighted by Crippen LogP contribution is 2.15. The zero-order chi connectivity index (χ0) is 25.8. The summed E-state index contributed by atoms with van der Waals surface area (Å²) in [5.74, 6) is -0.0329. The van der Waals surface area contributed by atoms with Crippen molar-refractivity contribution < 1.29 is 9.53 Å². The van der Waals surface area contributed by atoms with E-state index in [0.29, 0.717) is 13.0 Å². The van der Waals surface area contributed by atoms with Crippen LogP contribution in [0.3, 0.4) is 0 Å². The van der Waals surface area contributed by atoms with Gasteiger partial charge in [0.05, 0.1) is 6.61 Å². The van der Waals surface area contributed by atoms with Gasteiger partial charge >= 0.3 is 5.97 Å². The van der Waals surface area contributed by atoms with Gasteiger partial charge in [-0.2, -0.15) is 0 Å². The standard InChI is InChI=1S/C34H60O2/c1-2-3-4-5-6-7-8-9-10-11-12-13-14-15-16-17-18-19-20-21-22-23-27-30-34(35)36-32-31-33-28-25-24-26-29-33/h24-26,28-29H,2-23,27,30-32H2,1H3. The molecule has 0 aromatic heterocycles. The van der Waals surface area contributed by atoms with Crippen LogP contribution >= 0.6 is 0 Å². The third-order valence-electron chi connectivity index (χ3n) is 7.48. The molecule has 0 aliphatic heterocycles. The largest absolute Gasteiger partial charge is 0.465 e. The molecule has 2 nitrogen and oxygen atoms in total. The van der Waals surface area contributed by atoms with E-state index in [1.807, 2.05) is 18.2 Å². The Kier molecular flexibility index (Phi) is 24.3. The quantitative estimate of drug-likeness (QED) is 0.0886. The summed E-state index contributed by atoms with van der Waals surface area (Å²) in [6.07, 6.45) is 33.4. The van der Waals surface area contributed by atoms with Crippen LogP contribution in [-0.4, -0.2) is 12.6 Å². The maximum absolute atomic E-state index is 11.8. The molecule has 0 fully saturated rings. The third-order valence-corrected chi connectivity index (χ3v) is 7.48. The Bertz CT molecular complexity index is 568. The number of carbonyl (C=O) groups excluding carboxylic acids is 1. The summed E-state index contributed by atoms with van der Waals surface area (Å²) < 4.78 is 5.36. The molecule has 1 aromatic carbocycles. The van der Waals surface area contributed by atoms with E-state index in [1.165, 1.54) is 140 Å². The van der Waals surface area contributed by atoms with Crippen molar-refractivity contribution in [2.45, 2.75) is 167 Å². The van der Waals surface area contributed by atoms with Gasteiger partial charge in [0.2, 0.25) is 0 Å². The SMILES string of the molecule is CCCCCCCCCCCCCCCCCCCCCCCCCC(=O)OCCc1ccccc1. The number of benzene rings is 1. The second-order valence-electron chi connectivity index (χ2n) is 11.0. The Balaban J connectivity index is 1.68. The molecular formula is C34H60O2. The minimum Gasteiger partial charge on any atom is -0.465 e. The first-order valence-corrected chi connectivity index (χ1v) is 16.0. The van der Waals surface area contributed by atoms with Crippen LogP contribution in [0.4, 0.5) is 0 Å². The van der Waals surface area contributed by atoms with Crippen LogP contribution in [-0.2, 0) is 16.0 Å². The van der Waals surface area contributed by atoms with Gasteiger partial charge in [0, 0.05) is 12.8 Å². The maximum atomic E-state index is 11.8. The van der Waals surface area contributed by atoms with Gasteiger partial charge in [-0.1, -0.05) is 179 Å². The lowest BCUT2D eigenvalue weighted by Crippen LogP contribution is -2.07. The van der Waals surface area contributed by atoms with E-state index in [9.17, 15) is 4.79 Å². The molecule has 0 unspecified atom stereocenters. The molecule has 0 heterocycles. The van der Waals surface area contributed by atoms with Gasteiger partial charge in [0.15, 0.2) is 0 Å². The highest BCUT2D eigenvalue weighted by atomic mass is 16.5. The molecule has 0 aliphatic rings. The lowest BCUT2D eigenvalue weighted by Gasteiger charge is -2.05. The van der Waals surface area contributed by atoms with Crippen molar-refractivity contribution >= 4 is 5.97 Å². The van der Waals surface area contributed by atoms with Gasteiger partial charge in [0.1, 0.15) is 0 Å². The Labute approximate surface area is 225 Å². The van der Waals surface area contributed by atoms with Crippen molar-refractivity contribution in [2.24, 2.45) is 0 Å². The van der Waals surface area contributed by atoms with Crippen LogP contribution in [0.15, 0.2) is 30.3 Å². The molecule has 36 heavy (non-hydrogen) atoms. The summed E-state index contributed by atoms with van der Waals surface area (Å²) >= 11 is 0. The van der Waals surface area contributed by atoms with E-state index in [0.717, 1.165) is 19.3 Å². The molecular weight excluding hydrogens is 440 g/mol. The molecule has 1 rings (SSSR count). The third kappa shape index (κ3) is 23.1. The lowest BCUT2D eigenvalue weighted by atomic mass is 10.0. The van der Waals surface area contributed by atoms with Gasteiger partial charge < -0.3 is 4.74 Å². The Morgan fingerprint density at radius 1 is 0.528 bits per heavy atom. The number of unbranched alkanes of at least 4 members (excludes halogenated alkanes) is 22. The summed E-state index contributed by atoms with van der Waals surface area (Å²) in [4.78, 5) is 11.8. The van der Waals surface area contributed by atoms with Crippen molar-refractivity contribution in [1.82, 2.24) is 0 Å². The van der Waals surface area contributed by atoms with Gasteiger partial charge in [-0.05, 0) is 12.0 Å². The normalized spacial score (nSPS) is 11.1. The molecule has 0 atom stereocenters. The van der Waals surface area contributed by atoms with E-state index in [1.54, 1.807) is 0 Å². The lowest BCUT2D eigenvalue weighted by molar-refractivity contribution is -0.143. The summed E-state index contributed by atoms with van der Waals surface area (Å²) in [5.41, 5.74) is 1.23. The van der Waals surface area contributed by atoms with Gasteiger partial charge in [-0.15, -0.1) is 0 Å². The smallest absolute Gasteiger partial charge is 0.305 e. The van der Waals surface area contributed by atoms with Gasteiger partial charge in [-0.3, -0.25) is 4.79 Å². The van der Waals surface area contributed by atoms with E-state index >= 15 is 0 Å². The van der Waals surface area contributed by atoms with Crippen LogP contribution in [0, 0.1) is 0 Å². The van der Waals surface area contributed by atoms with Gasteiger partial charge in [0.25, 0.3) is 0 Å². The molecule has 0 spiro atoms. The second kappa shape index (κ2) is 26.7. The number of ether oxygens (including phenoxy) is 1. The molecule has 0 radical (unpaired) electrons. The monoisotopic (exact) mass is 500 g/mol. The number of esters is 1. The number of rotatable bonds is 27. The summed E-state index contributed by atoms with van der Waals surface area (Å²) in [6, 6.07) is 10.2. The summed E-state index contributed by atoms with van der Waals surface area (Å²) in [7, 11) is 0. The minimum absolute atomic E-state index is 0.0329. The summed E-state index contributed by atoms with van der Waals surface area (Å²) in [5, 5.41) is 0. The molecule has 0 amide bonds. The number of hydrogen-bond acceptors (Lipinski definition) is 2. The van der Waals surface area contributed by atoms with Crippen LogP contribution < -0.4 is 0 Å². The van der Waals surface area contributed by atoms with E-state index < -0.39 is 0 Å². The zero-order valence-corrected chi connectivity index (χ0v) is 24.1. The Hall–Kier alpha value is -1.31. The summed E-state index contributed by atoms with van der Waals surface area (Å²) in [6.45, 7) is 2.80. The molecule has 0 bridgehead atoms. The molecule has 0 aliphatic carbocycles. The maximum Gasteiger partial charge on any atom is 0.305 e. The number of hydrogen-bond donors (Lipinski definition) is 0. The molecule has 0 saturated heterocycles. The second-order valence-corrected chi connectivity index (χ2v) is 11.0. The fraction of sp³-hybridized carbons (Fsp3) is 0.794. The first-order valence-electron chi connectivity index (χ1n) is 16.0. The average Bonchev–Trinajstić information content (AvgIpc) is 2.89. The molecule has 1 aromatic rings. The molecule has 0 N–H and O–H groups in total. The topological polar surface area (TPSA) is 26.3 Å². The predicted octanol–water partition coefficient (Wildman–Crippen LogP) is 11.2. The van der Waals surface area contributed by atoms with E-state index in [4.69, 9.17) is 4.74 Å². The van der Waals surface area contributed by atoms with E-state index in [2.05, 4.69) is 19.1 Å². The van der Waals surface area contributed by atoms with Crippen LogP contribution in [0.1, 0.15) is 167 Å². The Morgan fingerprint density at radius 2 is 0.889 bits per heavy atom. The van der Waals surface area contributed by atoms with Crippen molar-refractivity contribution in [3.8, 4) is 0 Å². The van der Waals surface area contributed by atoms with E-state index in [-0.39, 0.29) is 5.97 Å². The highest BCUT2D eigenvalue weighted by Gasteiger charge is 2.03. The van der Waals surface area contributed by atoms with Crippen molar-refractivity contribution in [3.63, 3.8) is 0 Å². The average molecular weight is 501 g/mol. The van der Waals surface area contributed by atoms with Crippen molar-refractivity contribution in [3.05, 3.63) is 35.9 Å². The molecule has 0 saturated carbocycles. The van der Waals surface area contributed by atoms with Crippen molar-refractivity contribution in [1.29, 1.82) is 0 Å². The van der Waals surface area contributed by atoms with Crippen LogP contribution in [0.25, 0.3) is 0 Å². The van der Waals surface area contributed by atoms with Gasteiger partial charge in [-0.25, -0.2) is 0 Å². The first-order chi connectivity index (χ1) is 17.8. The minimum atomic E-state index is -0.0329. The van der Waals surface area contributed by atoms with Crippen LogP contribution in [0.2, 0.25) is 0 Å². The highest BCUT2D eigenvalue weighted by molar-refractivity contribution is 5.69. The van der Waals surface area contributed by atoms with Crippen molar-refractivity contribution in [2.75, 3.05) is 6.61 Å².